The van der Waals surface area contributed by atoms with E-state index in [1.54, 1.807) is 11.3 Å². The molecule has 0 aliphatic rings. The smallest absolute Gasteiger partial charge is 0.315 e. The Morgan fingerprint density at radius 1 is 1.35 bits per heavy atom. The zero-order valence-corrected chi connectivity index (χ0v) is 13.2. The van der Waals surface area contributed by atoms with Crippen molar-refractivity contribution in [2.24, 2.45) is 0 Å². The molecular weight excluding hydrogens is 276 g/mol. The second-order valence-corrected chi connectivity index (χ2v) is 6.88. The molecule has 0 aliphatic heterocycles. The van der Waals surface area contributed by atoms with Crippen LogP contribution in [-0.4, -0.2) is 22.6 Å². The largest absolute Gasteiger partial charge is 0.481 e. The van der Waals surface area contributed by atoms with Crippen LogP contribution in [-0.2, 0) is 11.3 Å². The van der Waals surface area contributed by atoms with Gasteiger partial charge >= 0.3 is 12.0 Å². The summed E-state index contributed by atoms with van der Waals surface area (Å²) >= 11 is 1.67. The minimum absolute atomic E-state index is 0.0383. The molecule has 112 valence electrons. The summed E-state index contributed by atoms with van der Waals surface area (Å²) < 4.78 is 0. The molecule has 0 atom stereocenters. The molecule has 0 fully saturated rings. The predicted octanol–water partition coefficient (Wildman–Crippen LogP) is 2.81. The summed E-state index contributed by atoms with van der Waals surface area (Å²) in [5.41, 5.74) is 0.693. The van der Waals surface area contributed by atoms with Gasteiger partial charge in [0.25, 0.3) is 0 Å². The predicted molar refractivity (Wildman–Crippen MR) is 80.1 cm³/mol. The minimum Gasteiger partial charge on any atom is -0.481 e. The van der Waals surface area contributed by atoms with Crippen molar-refractivity contribution in [2.45, 2.75) is 52.6 Å². The Morgan fingerprint density at radius 2 is 2.00 bits per heavy atom. The van der Waals surface area contributed by atoms with E-state index in [0.29, 0.717) is 13.0 Å². The van der Waals surface area contributed by atoms with Gasteiger partial charge in [-0.15, -0.1) is 11.3 Å². The molecule has 6 heteroatoms. The van der Waals surface area contributed by atoms with Gasteiger partial charge in [0.2, 0.25) is 0 Å². The average molecular weight is 298 g/mol. The first kappa shape index (κ1) is 16.5. The molecule has 0 unspecified atom stereocenters. The SMILES string of the molecule is Cc1cc(CNC(=O)NC(C)(C)CCC(=O)O)sc1C. The van der Waals surface area contributed by atoms with Crippen LogP contribution in [0.15, 0.2) is 6.07 Å². The third-order valence-electron chi connectivity index (χ3n) is 3.06. The van der Waals surface area contributed by atoms with Crippen LogP contribution in [0.4, 0.5) is 4.79 Å². The van der Waals surface area contributed by atoms with E-state index in [4.69, 9.17) is 5.11 Å². The van der Waals surface area contributed by atoms with E-state index in [-0.39, 0.29) is 12.5 Å². The number of hydrogen-bond acceptors (Lipinski definition) is 3. The van der Waals surface area contributed by atoms with Crippen molar-refractivity contribution in [3.63, 3.8) is 0 Å². The van der Waals surface area contributed by atoms with Gasteiger partial charge < -0.3 is 15.7 Å². The Kier molecular flexibility index (Phi) is 5.56. The monoisotopic (exact) mass is 298 g/mol. The number of carboxylic acids is 1. The van der Waals surface area contributed by atoms with Gasteiger partial charge in [0.15, 0.2) is 0 Å². The standard InChI is InChI=1S/C14H22N2O3S/c1-9-7-11(20-10(9)2)8-15-13(19)16-14(3,4)6-5-12(17)18/h7H,5-6,8H2,1-4H3,(H,17,18)(H2,15,16,19). The van der Waals surface area contributed by atoms with Crippen molar-refractivity contribution in [3.05, 3.63) is 21.4 Å². The maximum Gasteiger partial charge on any atom is 0.315 e. The van der Waals surface area contributed by atoms with Crippen LogP contribution in [0.5, 0.6) is 0 Å². The summed E-state index contributed by atoms with van der Waals surface area (Å²) in [7, 11) is 0. The normalized spacial score (nSPS) is 11.2. The van der Waals surface area contributed by atoms with E-state index >= 15 is 0 Å². The van der Waals surface area contributed by atoms with E-state index < -0.39 is 11.5 Å². The Labute approximate surface area is 123 Å². The average Bonchev–Trinajstić information content (AvgIpc) is 2.63. The van der Waals surface area contributed by atoms with Gasteiger partial charge in [0.1, 0.15) is 0 Å². The lowest BCUT2D eigenvalue weighted by Gasteiger charge is -2.25. The second-order valence-electron chi connectivity index (χ2n) is 5.54. The first-order chi connectivity index (χ1) is 9.19. The number of aliphatic carboxylic acids is 1. The summed E-state index contributed by atoms with van der Waals surface area (Å²) in [4.78, 5) is 24.7. The van der Waals surface area contributed by atoms with Gasteiger partial charge in [-0.25, -0.2) is 4.79 Å². The molecule has 0 radical (unpaired) electrons. The number of nitrogens with one attached hydrogen (secondary N) is 2. The summed E-state index contributed by atoms with van der Waals surface area (Å²) in [6.07, 6.45) is 0.434. The number of carbonyl (C=O) groups excluding carboxylic acids is 1. The van der Waals surface area contributed by atoms with Gasteiger partial charge in [0, 0.05) is 21.7 Å². The molecule has 0 saturated heterocycles. The summed E-state index contributed by atoms with van der Waals surface area (Å²) in [6, 6.07) is 1.79. The molecule has 5 nitrogen and oxygen atoms in total. The van der Waals surface area contributed by atoms with Crippen molar-refractivity contribution in [3.8, 4) is 0 Å². The molecule has 3 N–H and O–H groups in total. The Morgan fingerprint density at radius 3 is 2.50 bits per heavy atom. The van der Waals surface area contributed by atoms with Crippen LogP contribution in [0.3, 0.4) is 0 Å². The lowest BCUT2D eigenvalue weighted by atomic mass is 9.99. The molecule has 0 aliphatic carbocycles. The molecule has 0 spiro atoms. The highest BCUT2D eigenvalue weighted by molar-refractivity contribution is 7.12. The molecule has 0 saturated carbocycles. The first-order valence-corrected chi connectivity index (χ1v) is 7.35. The Hall–Kier alpha value is -1.56. The summed E-state index contributed by atoms with van der Waals surface area (Å²) in [5, 5.41) is 14.3. The van der Waals surface area contributed by atoms with Gasteiger partial charge in [-0.3, -0.25) is 4.79 Å². The molecule has 2 amide bonds. The van der Waals surface area contributed by atoms with E-state index in [9.17, 15) is 9.59 Å². The van der Waals surface area contributed by atoms with Crippen molar-refractivity contribution < 1.29 is 14.7 Å². The topological polar surface area (TPSA) is 78.4 Å². The number of urea groups is 1. The van der Waals surface area contributed by atoms with Gasteiger partial charge in [-0.1, -0.05) is 0 Å². The van der Waals surface area contributed by atoms with Crippen LogP contribution >= 0.6 is 11.3 Å². The van der Waals surface area contributed by atoms with Crippen molar-refractivity contribution in [1.82, 2.24) is 10.6 Å². The highest BCUT2D eigenvalue weighted by Crippen LogP contribution is 2.20. The minimum atomic E-state index is -0.857. The molecular formula is C14H22N2O3S. The number of amides is 2. The zero-order valence-electron chi connectivity index (χ0n) is 12.4. The number of carboxylic acid groups (broad SMARTS) is 1. The van der Waals surface area contributed by atoms with E-state index in [0.717, 1.165) is 4.88 Å². The molecule has 1 aromatic heterocycles. The quantitative estimate of drug-likeness (QED) is 0.755. The summed E-state index contributed by atoms with van der Waals surface area (Å²) in [6.45, 7) is 8.22. The Bertz CT molecular complexity index is 475. The zero-order chi connectivity index (χ0) is 15.3. The van der Waals surface area contributed by atoms with Crippen LogP contribution in [0.1, 0.15) is 42.0 Å². The lowest BCUT2D eigenvalue weighted by Crippen LogP contribution is -2.48. The van der Waals surface area contributed by atoms with Crippen molar-refractivity contribution in [1.29, 1.82) is 0 Å². The fraction of sp³-hybridized carbons (Fsp3) is 0.571. The number of aryl methyl sites for hydroxylation is 2. The number of thiophene rings is 1. The van der Waals surface area contributed by atoms with E-state index in [1.807, 2.05) is 20.8 Å². The number of rotatable bonds is 6. The highest BCUT2D eigenvalue weighted by atomic mass is 32.1. The second kappa shape index (κ2) is 6.74. The lowest BCUT2D eigenvalue weighted by molar-refractivity contribution is -0.137. The molecule has 1 rings (SSSR count). The fourth-order valence-corrected chi connectivity index (χ4v) is 2.73. The van der Waals surface area contributed by atoms with Crippen LogP contribution in [0.25, 0.3) is 0 Å². The van der Waals surface area contributed by atoms with E-state index in [2.05, 4.69) is 23.6 Å². The molecule has 1 heterocycles. The third kappa shape index (κ3) is 5.61. The van der Waals surface area contributed by atoms with E-state index in [1.165, 1.54) is 10.4 Å². The van der Waals surface area contributed by atoms with Gasteiger partial charge in [-0.2, -0.15) is 0 Å². The molecule has 1 aromatic rings. The van der Waals surface area contributed by atoms with Gasteiger partial charge in [0.05, 0.1) is 6.54 Å². The highest BCUT2D eigenvalue weighted by Gasteiger charge is 2.21. The molecule has 0 aromatic carbocycles. The van der Waals surface area contributed by atoms with Crippen molar-refractivity contribution in [2.75, 3.05) is 0 Å². The third-order valence-corrected chi connectivity index (χ3v) is 4.21. The number of carbonyl (C=O) groups is 2. The first-order valence-electron chi connectivity index (χ1n) is 6.53. The number of hydrogen-bond donors (Lipinski definition) is 3. The summed E-state index contributed by atoms with van der Waals surface area (Å²) in [5.74, 6) is -0.857. The van der Waals surface area contributed by atoms with Crippen LogP contribution < -0.4 is 10.6 Å². The Balaban J connectivity index is 2.41. The fourth-order valence-electron chi connectivity index (χ4n) is 1.74. The molecule has 0 bridgehead atoms. The van der Waals surface area contributed by atoms with Crippen LogP contribution in [0, 0.1) is 13.8 Å². The van der Waals surface area contributed by atoms with Crippen LogP contribution in [0.2, 0.25) is 0 Å². The maximum atomic E-state index is 11.8. The molecule has 20 heavy (non-hydrogen) atoms. The van der Waals surface area contributed by atoms with Crippen molar-refractivity contribution >= 4 is 23.3 Å². The maximum absolute atomic E-state index is 11.8. The van der Waals surface area contributed by atoms with Gasteiger partial charge in [-0.05, 0) is 45.7 Å².